The normalized spacial score (nSPS) is 11.5. The van der Waals surface area contributed by atoms with Gasteiger partial charge < -0.3 is 9.32 Å². The summed E-state index contributed by atoms with van der Waals surface area (Å²) in [6.45, 7) is 0. The fraction of sp³-hybridized carbons (Fsp3) is 0. The minimum atomic E-state index is 0.858. The van der Waals surface area contributed by atoms with Gasteiger partial charge in [-0.05, 0) is 91.8 Å². The van der Waals surface area contributed by atoms with Crippen LogP contribution in [0.3, 0.4) is 0 Å². The predicted molar refractivity (Wildman–Crippen MR) is 220 cm³/mol. The lowest BCUT2D eigenvalue weighted by molar-refractivity contribution is 0.670. The van der Waals surface area contributed by atoms with Gasteiger partial charge in [-0.1, -0.05) is 152 Å². The first-order chi connectivity index (χ1) is 25.8. The molecule has 2 heteroatoms. The lowest BCUT2D eigenvalue weighted by Gasteiger charge is -2.26. The van der Waals surface area contributed by atoms with Gasteiger partial charge >= 0.3 is 0 Å². The smallest absolute Gasteiger partial charge is 0.143 e. The van der Waals surface area contributed by atoms with Crippen LogP contribution in [0.25, 0.3) is 76.9 Å². The first kappa shape index (κ1) is 30.0. The third-order valence-corrected chi connectivity index (χ3v) is 10.3. The molecule has 244 valence electrons. The summed E-state index contributed by atoms with van der Waals surface area (Å²) in [7, 11) is 0. The monoisotopic (exact) mass is 663 g/mol. The van der Waals surface area contributed by atoms with E-state index in [9.17, 15) is 0 Å². The third-order valence-electron chi connectivity index (χ3n) is 10.3. The van der Waals surface area contributed by atoms with Crippen molar-refractivity contribution in [2.45, 2.75) is 0 Å². The van der Waals surface area contributed by atoms with Crippen molar-refractivity contribution in [3.63, 3.8) is 0 Å². The van der Waals surface area contributed by atoms with Crippen molar-refractivity contribution in [3.05, 3.63) is 200 Å². The van der Waals surface area contributed by atoms with E-state index in [0.717, 1.165) is 44.6 Å². The van der Waals surface area contributed by atoms with E-state index in [1.807, 2.05) is 0 Å². The topological polar surface area (TPSA) is 16.4 Å². The molecule has 0 fully saturated rings. The van der Waals surface area contributed by atoms with E-state index < -0.39 is 0 Å². The van der Waals surface area contributed by atoms with Crippen molar-refractivity contribution in [1.29, 1.82) is 0 Å². The van der Waals surface area contributed by atoms with Gasteiger partial charge in [0.1, 0.15) is 11.2 Å². The van der Waals surface area contributed by atoms with Crippen molar-refractivity contribution in [2.24, 2.45) is 0 Å². The highest BCUT2D eigenvalue weighted by Gasteiger charge is 2.20. The summed E-state index contributed by atoms with van der Waals surface area (Å²) in [6, 6.07) is 71.5. The van der Waals surface area contributed by atoms with Gasteiger partial charge in [-0.15, -0.1) is 0 Å². The summed E-state index contributed by atoms with van der Waals surface area (Å²) in [4.78, 5) is 2.32. The van der Waals surface area contributed by atoms with Gasteiger partial charge in [0.15, 0.2) is 0 Å². The summed E-state index contributed by atoms with van der Waals surface area (Å²) in [5.74, 6) is 0. The predicted octanol–water partition coefficient (Wildman–Crippen LogP) is 14.4. The first-order valence-corrected chi connectivity index (χ1v) is 17.8. The molecule has 52 heavy (non-hydrogen) atoms. The van der Waals surface area contributed by atoms with Gasteiger partial charge in [0, 0.05) is 39.5 Å². The van der Waals surface area contributed by atoms with E-state index in [4.69, 9.17) is 4.42 Å². The Kier molecular flexibility index (Phi) is 7.18. The fourth-order valence-electron chi connectivity index (χ4n) is 7.73. The van der Waals surface area contributed by atoms with Crippen molar-refractivity contribution >= 4 is 60.5 Å². The van der Waals surface area contributed by atoms with Crippen LogP contribution in [0, 0.1) is 0 Å². The van der Waals surface area contributed by atoms with Crippen LogP contribution in [0.5, 0.6) is 0 Å². The molecule has 0 amide bonds. The Labute approximate surface area is 302 Å². The minimum absolute atomic E-state index is 0.858. The van der Waals surface area contributed by atoms with Crippen LogP contribution in [0.15, 0.2) is 205 Å². The largest absolute Gasteiger partial charge is 0.455 e. The molecule has 0 saturated carbocycles. The maximum Gasteiger partial charge on any atom is 0.143 e. The maximum atomic E-state index is 6.98. The number of rotatable bonds is 6. The second-order valence-electron chi connectivity index (χ2n) is 13.3. The highest BCUT2D eigenvalue weighted by atomic mass is 16.3. The molecule has 0 N–H and O–H groups in total. The summed E-state index contributed by atoms with van der Waals surface area (Å²) in [5.41, 5.74) is 12.0. The zero-order valence-corrected chi connectivity index (χ0v) is 28.4. The lowest BCUT2D eigenvalue weighted by Crippen LogP contribution is -2.09. The van der Waals surface area contributed by atoms with Gasteiger partial charge in [0.05, 0.1) is 0 Å². The molecule has 1 heterocycles. The SMILES string of the molecule is c1ccc(-c2ccc(N(c3ccc(-c4ccccc4)cc3)c3ccc4c(c3)oc3c(-c5cccc6ccccc56)c5ccccc5cc34)cc2)cc1. The third kappa shape index (κ3) is 5.12. The molecule has 0 bridgehead atoms. The summed E-state index contributed by atoms with van der Waals surface area (Å²) < 4.78 is 6.98. The molecule has 0 unspecified atom stereocenters. The second-order valence-corrected chi connectivity index (χ2v) is 13.3. The lowest BCUT2D eigenvalue weighted by atomic mass is 9.92. The molecule has 1 aromatic heterocycles. The molecule has 9 aromatic carbocycles. The zero-order valence-electron chi connectivity index (χ0n) is 28.4. The van der Waals surface area contributed by atoms with Crippen LogP contribution in [-0.2, 0) is 0 Å². The number of hydrogen-bond donors (Lipinski definition) is 0. The molecule has 2 nitrogen and oxygen atoms in total. The van der Waals surface area contributed by atoms with Crippen LogP contribution < -0.4 is 4.90 Å². The summed E-state index contributed by atoms with van der Waals surface area (Å²) in [6.07, 6.45) is 0. The Balaban J connectivity index is 1.16. The number of furan rings is 1. The number of nitrogens with zero attached hydrogens (tertiary/aromatic N) is 1. The molecule has 0 spiro atoms. The van der Waals surface area contributed by atoms with Crippen LogP contribution in [0.4, 0.5) is 17.1 Å². The van der Waals surface area contributed by atoms with Crippen molar-refractivity contribution in [3.8, 4) is 33.4 Å². The summed E-state index contributed by atoms with van der Waals surface area (Å²) >= 11 is 0. The number of anilines is 3. The molecule has 0 atom stereocenters. The van der Waals surface area contributed by atoms with Gasteiger partial charge in [0.25, 0.3) is 0 Å². The van der Waals surface area contributed by atoms with Gasteiger partial charge in [0.2, 0.25) is 0 Å². The van der Waals surface area contributed by atoms with E-state index in [0.29, 0.717) is 0 Å². The highest BCUT2D eigenvalue weighted by Crippen LogP contribution is 2.45. The second kappa shape index (κ2) is 12.5. The van der Waals surface area contributed by atoms with Gasteiger partial charge in [-0.25, -0.2) is 0 Å². The van der Waals surface area contributed by atoms with Gasteiger partial charge in [-0.2, -0.15) is 0 Å². The first-order valence-electron chi connectivity index (χ1n) is 17.8. The maximum absolute atomic E-state index is 6.98. The van der Waals surface area contributed by atoms with E-state index in [1.165, 1.54) is 49.4 Å². The van der Waals surface area contributed by atoms with E-state index in [2.05, 4.69) is 205 Å². The van der Waals surface area contributed by atoms with E-state index in [-0.39, 0.29) is 0 Å². The van der Waals surface area contributed by atoms with Crippen LogP contribution in [0.2, 0.25) is 0 Å². The van der Waals surface area contributed by atoms with Crippen LogP contribution in [0.1, 0.15) is 0 Å². The molecule has 0 radical (unpaired) electrons. The molecular weight excluding hydrogens is 631 g/mol. The Morgan fingerprint density at radius 1 is 0.327 bits per heavy atom. The van der Waals surface area contributed by atoms with Crippen molar-refractivity contribution in [1.82, 2.24) is 0 Å². The molecule has 0 aliphatic rings. The van der Waals surface area contributed by atoms with Crippen LogP contribution >= 0.6 is 0 Å². The Bertz CT molecular complexity index is 2780. The average Bonchev–Trinajstić information content (AvgIpc) is 3.58. The molecule has 10 aromatic rings. The van der Waals surface area contributed by atoms with Gasteiger partial charge in [-0.3, -0.25) is 0 Å². The van der Waals surface area contributed by atoms with Crippen molar-refractivity contribution < 1.29 is 4.42 Å². The van der Waals surface area contributed by atoms with Crippen LogP contribution in [-0.4, -0.2) is 0 Å². The minimum Gasteiger partial charge on any atom is -0.455 e. The molecule has 0 aliphatic heterocycles. The van der Waals surface area contributed by atoms with E-state index >= 15 is 0 Å². The quantitative estimate of drug-likeness (QED) is 0.176. The standard InChI is InChI=1S/C50H33NO/c1-3-12-34(13-4-1)36-22-26-40(27-23-36)51(41-28-24-37(25-29-41)35-14-5-2-6-15-35)42-30-31-45-47-32-39-17-8-10-20-44(39)49(50(47)52-48(45)33-42)46-21-11-18-38-16-7-9-19-43(38)46/h1-33H. The van der Waals surface area contributed by atoms with E-state index in [1.54, 1.807) is 0 Å². The Hall–Kier alpha value is -6.90. The molecule has 0 saturated heterocycles. The molecule has 10 rings (SSSR count). The molecular formula is C50H33NO. The zero-order chi connectivity index (χ0) is 34.4. The number of fused-ring (bicyclic) bond motifs is 5. The number of hydrogen-bond acceptors (Lipinski definition) is 2. The number of benzene rings is 9. The highest BCUT2D eigenvalue weighted by molar-refractivity contribution is 6.21. The Morgan fingerprint density at radius 3 is 1.50 bits per heavy atom. The molecule has 0 aliphatic carbocycles. The average molecular weight is 664 g/mol. The summed E-state index contributed by atoms with van der Waals surface area (Å²) in [5, 5.41) is 7.03. The Morgan fingerprint density at radius 2 is 0.846 bits per heavy atom. The fourth-order valence-corrected chi connectivity index (χ4v) is 7.73. The van der Waals surface area contributed by atoms with Crippen molar-refractivity contribution in [2.75, 3.05) is 4.90 Å².